The summed E-state index contributed by atoms with van der Waals surface area (Å²) in [4.78, 5) is 11.5. The van der Waals surface area contributed by atoms with Crippen molar-refractivity contribution in [1.82, 2.24) is 10.6 Å². The van der Waals surface area contributed by atoms with Gasteiger partial charge in [0.2, 0.25) is 5.91 Å². The van der Waals surface area contributed by atoms with Gasteiger partial charge in [0.1, 0.15) is 5.75 Å². The Kier molecular flexibility index (Phi) is 6.87. The van der Waals surface area contributed by atoms with Crippen molar-refractivity contribution in [2.75, 3.05) is 20.2 Å². The SMILES string of the molecule is CCCCNC(=O)CNCc1ccccc1OC. The summed E-state index contributed by atoms with van der Waals surface area (Å²) in [6.45, 7) is 3.82. The predicted molar refractivity (Wildman–Crippen MR) is 72.6 cm³/mol. The second-order valence-corrected chi connectivity index (χ2v) is 4.12. The zero-order chi connectivity index (χ0) is 13.2. The topological polar surface area (TPSA) is 50.4 Å². The Bertz CT molecular complexity index is 367. The molecular weight excluding hydrogens is 228 g/mol. The molecule has 0 atom stereocenters. The van der Waals surface area contributed by atoms with Crippen molar-refractivity contribution in [1.29, 1.82) is 0 Å². The monoisotopic (exact) mass is 250 g/mol. The van der Waals surface area contributed by atoms with Crippen LogP contribution in [0.3, 0.4) is 0 Å². The number of hydrogen-bond acceptors (Lipinski definition) is 3. The molecule has 1 aromatic carbocycles. The zero-order valence-corrected chi connectivity index (χ0v) is 11.2. The van der Waals surface area contributed by atoms with Gasteiger partial charge in [0.05, 0.1) is 13.7 Å². The molecule has 0 fully saturated rings. The van der Waals surface area contributed by atoms with Crippen LogP contribution >= 0.6 is 0 Å². The zero-order valence-electron chi connectivity index (χ0n) is 11.2. The second kappa shape index (κ2) is 8.53. The summed E-state index contributed by atoms with van der Waals surface area (Å²) >= 11 is 0. The van der Waals surface area contributed by atoms with Crippen molar-refractivity contribution in [2.45, 2.75) is 26.3 Å². The number of para-hydroxylation sites is 1. The van der Waals surface area contributed by atoms with Crippen LogP contribution in [-0.2, 0) is 11.3 Å². The van der Waals surface area contributed by atoms with E-state index in [0.29, 0.717) is 13.1 Å². The van der Waals surface area contributed by atoms with Crippen molar-refractivity contribution in [2.24, 2.45) is 0 Å². The number of methoxy groups -OCH3 is 1. The standard InChI is InChI=1S/C14H22N2O2/c1-3-4-9-16-14(17)11-15-10-12-7-5-6-8-13(12)18-2/h5-8,15H,3-4,9-11H2,1-2H3,(H,16,17). The van der Waals surface area contributed by atoms with Gasteiger partial charge in [0.25, 0.3) is 0 Å². The molecule has 0 spiro atoms. The largest absolute Gasteiger partial charge is 0.496 e. The highest BCUT2D eigenvalue weighted by molar-refractivity contribution is 5.77. The van der Waals surface area contributed by atoms with E-state index >= 15 is 0 Å². The average molecular weight is 250 g/mol. The van der Waals surface area contributed by atoms with Crippen molar-refractivity contribution >= 4 is 5.91 Å². The van der Waals surface area contributed by atoms with Crippen LogP contribution in [0.1, 0.15) is 25.3 Å². The van der Waals surface area contributed by atoms with Crippen LogP contribution in [0.5, 0.6) is 5.75 Å². The second-order valence-electron chi connectivity index (χ2n) is 4.12. The maximum Gasteiger partial charge on any atom is 0.233 e. The molecule has 0 saturated heterocycles. The lowest BCUT2D eigenvalue weighted by Crippen LogP contribution is -2.34. The van der Waals surface area contributed by atoms with E-state index in [0.717, 1.165) is 30.7 Å². The quantitative estimate of drug-likeness (QED) is 0.690. The summed E-state index contributed by atoms with van der Waals surface area (Å²) in [6, 6.07) is 7.79. The molecular formula is C14H22N2O2. The third kappa shape index (κ3) is 5.19. The van der Waals surface area contributed by atoms with E-state index in [1.54, 1.807) is 7.11 Å². The molecule has 0 bridgehead atoms. The van der Waals surface area contributed by atoms with Gasteiger partial charge in [0.15, 0.2) is 0 Å². The molecule has 18 heavy (non-hydrogen) atoms. The summed E-state index contributed by atoms with van der Waals surface area (Å²) in [6.07, 6.45) is 2.12. The van der Waals surface area contributed by atoms with Crippen LogP contribution in [0.2, 0.25) is 0 Å². The van der Waals surface area contributed by atoms with Crippen LogP contribution in [0.15, 0.2) is 24.3 Å². The van der Waals surface area contributed by atoms with Crippen molar-refractivity contribution < 1.29 is 9.53 Å². The summed E-state index contributed by atoms with van der Waals surface area (Å²) < 4.78 is 5.24. The van der Waals surface area contributed by atoms with Gasteiger partial charge in [0, 0.05) is 18.7 Å². The number of carbonyl (C=O) groups excluding carboxylic acids is 1. The minimum Gasteiger partial charge on any atom is -0.496 e. The van der Waals surface area contributed by atoms with Crippen LogP contribution in [0.25, 0.3) is 0 Å². The molecule has 4 heteroatoms. The minimum atomic E-state index is 0.0401. The lowest BCUT2D eigenvalue weighted by atomic mass is 10.2. The number of carbonyl (C=O) groups is 1. The van der Waals surface area contributed by atoms with Crippen LogP contribution in [0.4, 0.5) is 0 Å². The Hall–Kier alpha value is -1.55. The van der Waals surface area contributed by atoms with Gasteiger partial charge < -0.3 is 15.4 Å². The molecule has 4 nitrogen and oxygen atoms in total. The number of amides is 1. The molecule has 0 heterocycles. The van der Waals surface area contributed by atoms with Gasteiger partial charge >= 0.3 is 0 Å². The first-order chi connectivity index (χ1) is 8.77. The summed E-state index contributed by atoms with van der Waals surface area (Å²) in [5.41, 5.74) is 1.06. The molecule has 100 valence electrons. The highest BCUT2D eigenvalue weighted by Gasteiger charge is 2.03. The van der Waals surface area contributed by atoms with Crippen LogP contribution < -0.4 is 15.4 Å². The van der Waals surface area contributed by atoms with Gasteiger partial charge in [-0.1, -0.05) is 31.5 Å². The lowest BCUT2D eigenvalue weighted by molar-refractivity contribution is -0.120. The maximum atomic E-state index is 11.5. The van der Waals surface area contributed by atoms with Gasteiger partial charge in [-0.2, -0.15) is 0 Å². The predicted octanol–water partition coefficient (Wildman–Crippen LogP) is 1.70. The molecule has 0 aliphatic heterocycles. The Morgan fingerprint density at radius 2 is 2.11 bits per heavy atom. The van der Waals surface area contributed by atoms with Crippen molar-refractivity contribution in [3.63, 3.8) is 0 Å². The number of benzene rings is 1. The molecule has 0 aliphatic rings. The fourth-order valence-electron chi connectivity index (χ4n) is 1.63. The number of ether oxygens (including phenoxy) is 1. The normalized spacial score (nSPS) is 10.1. The van der Waals surface area contributed by atoms with E-state index in [1.807, 2.05) is 24.3 Å². The summed E-state index contributed by atoms with van der Waals surface area (Å²) in [7, 11) is 1.65. The Balaban J connectivity index is 2.26. The molecule has 0 saturated carbocycles. The summed E-state index contributed by atoms with van der Waals surface area (Å²) in [5.74, 6) is 0.884. The van der Waals surface area contributed by atoms with Gasteiger partial charge in [-0.25, -0.2) is 0 Å². The van der Waals surface area contributed by atoms with Crippen molar-refractivity contribution in [3.8, 4) is 5.75 Å². The molecule has 1 rings (SSSR count). The number of hydrogen-bond donors (Lipinski definition) is 2. The van der Waals surface area contributed by atoms with E-state index < -0.39 is 0 Å². The van der Waals surface area contributed by atoms with Crippen molar-refractivity contribution in [3.05, 3.63) is 29.8 Å². The lowest BCUT2D eigenvalue weighted by Gasteiger charge is -2.09. The van der Waals surface area contributed by atoms with E-state index in [1.165, 1.54) is 0 Å². The van der Waals surface area contributed by atoms with E-state index in [4.69, 9.17) is 4.74 Å². The molecule has 0 radical (unpaired) electrons. The first-order valence-corrected chi connectivity index (χ1v) is 6.37. The molecule has 0 aromatic heterocycles. The minimum absolute atomic E-state index is 0.0401. The number of rotatable bonds is 8. The van der Waals surface area contributed by atoms with E-state index in [-0.39, 0.29) is 5.91 Å². The number of nitrogens with one attached hydrogen (secondary N) is 2. The highest BCUT2D eigenvalue weighted by Crippen LogP contribution is 2.16. The van der Waals surface area contributed by atoms with E-state index in [9.17, 15) is 4.79 Å². The molecule has 2 N–H and O–H groups in total. The Morgan fingerprint density at radius 1 is 1.33 bits per heavy atom. The summed E-state index contributed by atoms with van der Waals surface area (Å²) in [5, 5.41) is 5.98. The van der Waals surface area contributed by atoms with E-state index in [2.05, 4.69) is 17.6 Å². The first kappa shape index (κ1) is 14.5. The van der Waals surface area contributed by atoms with Gasteiger partial charge in [-0.3, -0.25) is 4.79 Å². The molecule has 1 amide bonds. The Labute approximate surface area is 109 Å². The smallest absolute Gasteiger partial charge is 0.233 e. The average Bonchev–Trinajstić information content (AvgIpc) is 2.39. The van der Waals surface area contributed by atoms with Crippen LogP contribution in [-0.4, -0.2) is 26.1 Å². The fourth-order valence-corrected chi connectivity index (χ4v) is 1.63. The molecule has 0 unspecified atom stereocenters. The third-order valence-electron chi connectivity index (χ3n) is 2.65. The number of unbranched alkanes of at least 4 members (excludes halogenated alkanes) is 1. The van der Waals surface area contributed by atoms with Gasteiger partial charge in [-0.15, -0.1) is 0 Å². The first-order valence-electron chi connectivity index (χ1n) is 6.37. The Morgan fingerprint density at radius 3 is 2.83 bits per heavy atom. The molecule has 1 aromatic rings. The molecule has 0 aliphatic carbocycles. The van der Waals surface area contributed by atoms with Gasteiger partial charge in [-0.05, 0) is 12.5 Å². The maximum absolute atomic E-state index is 11.5. The highest BCUT2D eigenvalue weighted by atomic mass is 16.5. The van der Waals surface area contributed by atoms with Crippen LogP contribution in [0, 0.1) is 0 Å². The third-order valence-corrected chi connectivity index (χ3v) is 2.65. The fraction of sp³-hybridized carbons (Fsp3) is 0.500.